The zero-order valence-electron chi connectivity index (χ0n) is 9.46. The van der Waals surface area contributed by atoms with Crippen LogP contribution in [0.2, 0.25) is 0 Å². The minimum Gasteiger partial charge on any atom is -0.367 e. The molecule has 1 fully saturated rings. The molecule has 1 aliphatic carbocycles. The van der Waals surface area contributed by atoms with Gasteiger partial charge in [0.05, 0.1) is 0 Å². The molecule has 2 rings (SSSR count). The summed E-state index contributed by atoms with van der Waals surface area (Å²) in [5.41, 5.74) is 7.05. The lowest BCUT2D eigenvalue weighted by Crippen LogP contribution is -2.33. The van der Waals surface area contributed by atoms with Gasteiger partial charge < -0.3 is 16.0 Å². The number of aromatic amines is 1. The molecule has 1 aromatic heterocycles. The Morgan fingerprint density at radius 3 is 2.94 bits per heavy atom. The topological polar surface area (TPSA) is 70.9 Å². The van der Waals surface area contributed by atoms with Crippen molar-refractivity contribution in [3.63, 3.8) is 0 Å². The van der Waals surface area contributed by atoms with E-state index in [1.165, 1.54) is 5.56 Å². The Bertz CT molecular complexity index is 341. The molecule has 1 amide bonds. The van der Waals surface area contributed by atoms with E-state index in [-0.39, 0.29) is 11.3 Å². The van der Waals surface area contributed by atoms with E-state index in [0.29, 0.717) is 13.0 Å². The smallest absolute Gasteiger partial charge is 0.220 e. The number of hydrogen-bond donors (Lipinski definition) is 3. The maximum absolute atomic E-state index is 11.6. The lowest BCUT2D eigenvalue weighted by molar-refractivity contribution is -0.121. The van der Waals surface area contributed by atoms with Gasteiger partial charge in [-0.3, -0.25) is 4.79 Å². The second-order valence-corrected chi connectivity index (χ2v) is 4.70. The summed E-state index contributed by atoms with van der Waals surface area (Å²) in [6.45, 7) is 1.43. The first-order chi connectivity index (χ1) is 7.74. The molecule has 0 atom stereocenters. The largest absolute Gasteiger partial charge is 0.367 e. The zero-order chi connectivity index (χ0) is 11.4. The highest BCUT2D eigenvalue weighted by Gasteiger charge is 2.41. The fourth-order valence-corrected chi connectivity index (χ4v) is 1.78. The van der Waals surface area contributed by atoms with Gasteiger partial charge in [0.25, 0.3) is 0 Å². The predicted molar refractivity (Wildman–Crippen MR) is 62.8 cm³/mol. The van der Waals surface area contributed by atoms with Crippen molar-refractivity contribution < 1.29 is 4.79 Å². The van der Waals surface area contributed by atoms with Gasteiger partial charge in [0, 0.05) is 25.4 Å². The Hall–Kier alpha value is -1.29. The first-order valence-corrected chi connectivity index (χ1v) is 5.83. The molecular formula is C12H19N3O. The first-order valence-electron chi connectivity index (χ1n) is 5.83. The third-order valence-electron chi connectivity index (χ3n) is 3.35. The monoisotopic (exact) mass is 221 g/mol. The minimum atomic E-state index is 0.126. The molecular weight excluding hydrogens is 202 g/mol. The highest BCUT2D eigenvalue weighted by molar-refractivity contribution is 5.76. The number of nitrogens with one attached hydrogen (secondary N) is 2. The van der Waals surface area contributed by atoms with Crippen molar-refractivity contribution in [1.29, 1.82) is 0 Å². The van der Waals surface area contributed by atoms with E-state index in [1.807, 2.05) is 18.5 Å². The molecule has 4 heteroatoms. The average Bonchev–Trinajstić information content (AvgIpc) is 2.90. The van der Waals surface area contributed by atoms with Crippen LogP contribution in [0.3, 0.4) is 0 Å². The van der Waals surface area contributed by atoms with Crippen molar-refractivity contribution in [3.05, 3.63) is 24.0 Å². The number of carbonyl (C=O) groups excluding carboxylic acids is 1. The summed E-state index contributed by atoms with van der Waals surface area (Å²) in [5, 5.41) is 2.97. The molecule has 1 aromatic rings. The third-order valence-corrected chi connectivity index (χ3v) is 3.35. The van der Waals surface area contributed by atoms with Crippen LogP contribution < -0.4 is 11.1 Å². The number of rotatable bonds is 6. The maximum Gasteiger partial charge on any atom is 0.220 e. The van der Waals surface area contributed by atoms with Crippen LogP contribution in [0.5, 0.6) is 0 Å². The van der Waals surface area contributed by atoms with Crippen LogP contribution in [-0.2, 0) is 11.2 Å². The molecule has 4 N–H and O–H groups in total. The number of carbonyl (C=O) groups is 1. The fourth-order valence-electron chi connectivity index (χ4n) is 1.78. The fraction of sp³-hybridized carbons (Fsp3) is 0.583. The minimum absolute atomic E-state index is 0.126. The average molecular weight is 221 g/mol. The molecule has 1 heterocycles. The van der Waals surface area contributed by atoms with E-state index in [1.54, 1.807) is 0 Å². The number of aromatic nitrogens is 1. The molecule has 0 saturated heterocycles. The molecule has 4 nitrogen and oxygen atoms in total. The third kappa shape index (κ3) is 2.85. The predicted octanol–water partition coefficient (Wildman–Crippen LogP) is 0.802. The van der Waals surface area contributed by atoms with Crippen LogP contribution >= 0.6 is 0 Å². The number of amides is 1. The summed E-state index contributed by atoms with van der Waals surface area (Å²) < 4.78 is 0. The van der Waals surface area contributed by atoms with Crippen LogP contribution in [0.15, 0.2) is 18.5 Å². The van der Waals surface area contributed by atoms with Gasteiger partial charge in [0.15, 0.2) is 0 Å². The van der Waals surface area contributed by atoms with Crippen LogP contribution in [-0.4, -0.2) is 24.0 Å². The summed E-state index contributed by atoms with van der Waals surface area (Å²) >= 11 is 0. The summed E-state index contributed by atoms with van der Waals surface area (Å²) in [5.74, 6) is 0.126. The summed E-state index contributed by atoms with van der Waals surface area (Å²) in [7, 11) is 0. The quantitative estimate of drug-likeness (QED) is 0.665. The van der Waals surface area contributed by atoms with Crippen LogP contribution in [0.1, 0.15) is 24.8 Å². The van der Waals surface area contributed by atoms with Gasteiger partial charge in [-0.05, 0) is 42.9 Å². The molecule has 0 bridgehead atoms. The molecule has 0 spiro atoms. The zero-order valence-corrected chi connectivity index (χ0v) is 9.46. The van der Waals surface area contributed by atoms with Gasteiger partial charge in [-0.15, -0.1) is 0 Å². The van der Waals surface area contributed by atoms with Crippen molar-refractivity contribution in [3.8, 4) is 0 Å². The highest BCUT2D eigenvalue weighted by Crippen LogP contribution is 2.43. The van der Waals surface area contributed by atoms with Crippen molar-refractivity contribution in [2.75, 3.05) is 13.1 Å². The van der Waals surface area contributed by atoms with Gasteiger partial charge in [0.2, 0.25) is 5.91 Å². The molecule has 0 aromatic carbocycles. The van der Waals surface area contributed by atoms with Crippen LogP contribution in [0.25, 0.3) is 0 Å². The van der Waals surface area contributed by atoms with Gasteiger partial charge in [0.1, 0.15) is 0 Å². The highest BCUT2D eigenvalue weighted by atomic mass is 16.1. The summed E-state index contributed by atoms with van der Waals surface area (Å²) in [6, 6.07) is 2.00. The van der Waals surface area contributed by atoms with E-state index >= 15 is 0 Å². The number of aryl methyl sites for hydroxylation is 1. The number of H-pyrrole nitrogens is 1. The van der Waals surface area contributed by atoms with E-state index in [2.05, 4.69) is 10.3 Å². The summed E-state index contributed by atoms with van der Waals surface area (Å²) in [4.78, 5) is 14.5. The van der Waals surface area contributed by atoms with Gasteiger partial charge in [-0.2, -0.15) is 0 Å². The van der Waals surface area contributed by atoms with Crippen molar-refractivity contribution in [1.82, 2.24) is 10.3 Å². The Balaban J connectivity index is 1.65. The Kier molecular flexibility index (Phi) is 3.29. The van der Waals surface area contributed by atoms with Crippen LogP contribution in [0, 0.1) is 5.41 Å². The SMILES string of the molecule is NCC1(CNC(=O)CCc2cc[nH]c2)CC1. The van der Waals surface area contributed by atoms with Gasteiger partial charge in [-0.25, -0.2) is 0 Å². The normalized spacial score (nSPS) is 17.1. The van der Waals surface area contributed by atoms with E-state index in [9.17, 15) is 4.79 Å². The van der Waals surface area contributed by atoms with E-state index < -0.39 is 0 Å². The van der Waals surface area contributed by atoms with Crippen LogP contribution in [0.4, 0.5) is 0 Å². The second-order valence-electron chi connectivity index (χ2n) is 4.70. The summed E-state index contributed by atoms with van der Waals surface area (Å²) in [6.07, 6.45) is 7.46. The van der Waals surface area contributed by atoms with E-state index in [4.69, 9.17) is 5.73 Å². The molecule has 0 aliphatic heterocycles. The lowest BCUT2D eigenvalue weighted by atomic mass is 10.1. The van der Waals surface area contributed by atoms with E-state index in [0.717, 1.165) is 25.8 Å². The molecule has 0 radical (unpaired) electrons. The molecule has 1 saturated carbocycles. The molecule has 0 unspecified atom stereocenters. The lowest BCUT2D eigenvalue weighted by Gasteiger charge is -2.12. The number of nitrogens with two attached hydrogens (primary N) is 1. The molecule has 1 aliphatic rings. The molecule has 16 heavy (non-hydrogen) atoms. The Labute approximate surface area is 95.6 Å². The Morgan fingerprint density at radius 1 is 1.56 bits per heavy atom. The number of hydrogen-bond acceptors (Lipinski definition) is 2. The molecule has 88 valence electrons. The van der Waals surface area contributed by atoms with Gasteiger partial charge >= 0.3 is 0 Å². The van der Waals surface area contributed by atoms with Crippen molar-refractivity contribution >= 4 is 5.91 Å². The first kappa shape index (κ1) is 11.2. The standard InChI is InChI=1S/C12H19N3O/c13-8-12(4-5-12)9-15-11(16)2-1-10-3-6-14-7-10/h3,6-7,14H,1-2,4-5,8-9,13H2,(H,15,16). The van der Waals surface area contributed by atoms with Gasteiger partial charge in [-0.1, -0.05) is 0 Å². The second kappa shape index (κ2) is 4.70. The Morgan fingerprint density at radius 2 is 2.38 bits per heavy atom. The van der Waals surface area contributed by atoms with Crippen molar-refractivity contribution in [2.45, 2.75) is 25.7 Å². The maximum atomic E-state index is 11.6. The van der Waals surface area contributed by atoms with Crippen molar-refractivity contribution in [2.24, 2.45) is 11.1 Å².